The van der Waals surface area contributed by atoms with E-state index in [-0.39, 0.29) is 29.9 Å². The first-order valence-electron chi connectivity index (χ1n) is 8.72. The number of amides is 1. The van der Waals surface area contributed by atoms with Gasteiger partial charge in [0, 0.05) is 44.9 Å². The standard InChI is InChI=1S/C18H24F2N2O3/c19-16-2-1-15(8-17(16)20)18(24)22-10-13(7-14(11-22)12-23)9-21-3-5-25-6-4-21/h1-2,8,13-14,23H,3-7,9-12H2/t13-,14+/m0/s1. The van der Waals surface area contributed by atoms with Crippen molar-refractivity contribution in [3.63, 3.8) is 0 Å². The molecule has 0 bridgehead atoms. The molecule has 0 radical (unpaired) electrons. The molecule has 2 saturated heterocycles. The van der Waals surface area contributed by atoms with Gasteiger partial charge in [0.25, 0.3) is 5.91 Å². The molecule has 7 heteroatoms. The lowest BCUT2D eigenvalue weighted by Gasteiger charge is -2.40. The van der Waals surface area contributed by atoms with E-state index in [2.05, 4.69) is 4.90 Å². The summed E-state index contributed by atoms with van der Waals surface area (Å²) in [6.07, 6.45) is 0.857. The summed E-state index contributed by atoms with van der Waals surface area (Å²) in [6.45, 7) is 5.04. The Hall–Kier alpha value is -1.57. The maximum absolute atomic E-state index is 13.4. The Kier molecular flexibility index (Phi) is 5.98. The number of aliphatic hydroxyl groups is 1. The molecule has 5 nitrogen and oxygen atoms in total. The van der Waals surface area contributed by atoms with Crippen molar-refractivity contribution in [1.82, 2.24) is 9.80 Å². The lowest BCUT2D eigenvalue weighted by molar-refractivity contribution is 0.0130. The van der Waals surface area contributed by atoms with Crippen LogP contribution in [-0.2, 0) is 4.74 Å². The number of hydrogen-bond donors (Lipinski definition) is 1. The highest BCUT2D eigenvalue weighted by Crippen LogP contribution is 2.25. The zero-order valence-corrected chi connectivity index (χ0v) is 14.2. The third-order valence-electron chi connectivity index (χ3n) is 4.96. The van der Waals surface area contributed by atoms with Crippen LogP contribution in [0.5, 0.6) is 0 Å². The average Bonchev–Trinajstić information content (AvgIpc) is 2.64. The molecule has 2 aliphatic rings. The molecular formula is C18H24F2N2O3. The summed E-state index contributed by atoms with van der Waals surface area (Å²) >= 11 is 0. The highest BCUT2D eigenvalue weighted by atomic mass is 19.2. The predicted molar refractivity (Wildman–Crippen MR) is 88.2 cm³/mol. The van der Waals surface area contributed by atoms with Gasteiger partial charge in [-0.05, 0) is 36.5 Å². The summed E-state index contributed by atoms with van der Waals surface area (Å²) in [7, 11) is 0. The Morgan fingerprint density at radius 3 is 2.56 bits per heavy atom. The third kappa shape index (κ3) is 4.54. The first kappa shape index (κ1) is 18.2. The number of carbonyl (C=O) groups is 1. The minimum atomic E-state index is -1.02. The summed E-state index contributed by atoms with van der Waals surface area (Å²) in [5.41, 5.74) is 0.141. The van der Waals surface area contributed by atoms with Crippen LogP contribution in [0.3, 0.4) is 0 Å². The fourth-order valence-corrected chi connectivity index (χ4v) is 3.71. The molecule has 0 spiro atoms. The van der Waals surface area contributed by atoms with E-state index >= 15 is 0 Å². The molecule has 1 aromatic rings. The molecule has 25 heavy (non-hydrogen) atoms. The molecule has 2 atom stereocenters. The Labute approximate surface area is 146 Å². The molecule has 0 aliphatic carbocycles. The predicted octanol–water partition coefficient (Wildman–Crippen LogP) is 1.37. The third-order valence-corrected chi connectivity index (χ3v) is 4.96. The molecular weight excluding hydrogens is 330 g/mol. The van der Waals surface area contributed by atoms with Crippen molar-refractivity contribution in [2.24, 2.45) is 11.8 Å². The molecule has 2 heterocycles. The number of carbonyl (C=O) groups excluding carboxylic acids is 1. The molecule has 1 amide bonds. The van der Waals surface area contributed by atoms with E-state index in [1.807, 2.05) is 0 Å². The Balaban J connectivity index is 1.68. The molecule has 138 valence electrons. The average molecular weight is 354 g/mol. The van der Waals surface area contributed by atoms with Gasteiger partial charge in [0.2, 0.25) is 0 Å². The topological polar surface area (TPSA) is 53.0 Å². The number of rotatable bonds is 4. The minimum Gasteiger partial charge on any atom is -0.396 e. The van der Waals surface area contributed by atoms with Crippen molar-refractivity contribution in [3.05, 3.63) is 35.4 Å². The Bertz CT molecular complexity index is 608. The van der Waals surface area contributed by atoms with Crippen molar-refractivity contribution in [2.75, 3.05) is 52.5 Å². The van der Waals surface area contributed by atoms with Crippen LogP contribution in [0.4, 0.5) is 8.78 Å². The van der Waals surface area contributed by atoms with E-state index in [4.69, 9.17) is 4.74 Å². The van der Waals surface area contributed by atoms with E-state index in [0.717, 1.165) is 38.2 Å². The second-order valence-corrected chi connectivity index (χ2v) is 6.90. The number of ether oxygens (including phenoxy) is 1. The van der Waals surface area contributed by atoms with Gasteiger partial charge in [0.1, 0.15) is 0 Å². The molecule has 2 aliphatic heterocycles. The first-order chi connectivity index (χ1) is 12.1. The fraction of sp³-hybridized carbons (Fsp3) is 0.611. The SMILES string of the molecule is O=C(c1ccc(F)c(F)c1)N1C[C@H](CO)C[C@@H](CN2CCOCC2)C1. The van der Waals surface area contributed by atoms with Crippen LogP contribution in [-0.4, -0.2) is 73.4 Å². The fourth-order valence-electron chi connectivity index (χ4n) is 3.71. The van der Waals surface area contributed by atoms with Crippen molar-refractivity contribution in [3.8, 4) is 0 Å². The Morgan fingerprint density at radius 2 is 1.88 bits per heavy atom. The van der Waals surface area contributed by atoms with Crippen molar-refractivity contribution in [1.29, 1.82) is 0 Å². The summed E-state index contributed by atoms with van der Waals surface area (Å²) in [5, 5.41) is 9.58. The molecule has 1 aromatic carbocycles. The van der Waals surface area contributed by atoms with Crippen LogP contribution >= 0.6 is 0 Å². The van der Waals surface area contributed by atoms with E-state index in [9.17, 15) is 18.7 Å². The zero-order chi connectivity index (χ0) is 17.8. The number of halogens is 2. The molecule has 0 unspecified atom stereocenters. The van der Waals surface area contributed by atoms with Gasteiger partial charge in [-0.15, -0.1) is 0 Å². The van der Waals surface area contributed by atoms with Crippen LogP contribution < -0.4 is 0 Å². The van der Waals surface area contributed by atoms with E-state index in [1.165, 1.54) is 6.07 Å². The van der Waals surface area contributed by atoms with Crippen molar-refractivity contribution < 1.29 is 23.4 Å². The highest BCUT2D eigenvalue weighted by Gasteiger charge is 2.31. The molecule has 3 rings (SSSR count). The van der Waals surface area contributed by atoms with Gasteiger partial charge in [-0.25, -0.2) is 8.78 Å². The Morgan fingerprint density at radius 1 is 1.16 bits per heavy atom. The molecule has 0 saturated carbocycles. The van der Waals surface area contributed by atoms with Gasteiger partial charge in [-0.2, -0.15) is 0 Å². The number of nitrogens with zero attached hydrogens (tertiary/aromatic N) is 2. The van der Waals surface area contributed by atoms with Crippen LogP contribution in [0, 0.1) is 23.5 Å². The first-order valence-corrected chi connectivity index (χ1v) is 8.72. The van der Waals surface area contributed by atoms with Gasteiger partial charge in [0.15, 0.2) is 11.6 Å². The van der Waals surface area contributed by atoms with Crippen molar-refractivity contribution >= 4 is 5.91 Å². The highest BCUT2D eigenvalue weighted by molar-refractivity contribution is 5.94. The quantitative estimate of drug-likeness (QED) is 0.887. The maximum Gasteiger partial charge on any atom is 0.253 e. The lowest BCUT2D eigenvalue weighted by atomic mass is 9.88. The van der Waals surface area contributed by atoms with Gasteiger partial charge in [0.05, 0.1) is 13.2 Å². The lowest BCUT2D eigenvalue weighted by Crippen LogP contribution is -2.49. The number of likely N-dealkylation sites (tertiary alicyclic amines) is 1. The number of aliphatic hydroxyl groups excluding tert-OH is 1. The number of morpholine rings is 1. The van der Waals surface area contributed by atoms with Crippen molar-refractivity contribution in [2.45, 2.75) is 6.42 Å². The normalized spacial score (nSPS) is 25.2. The van der Waals surface area contributed by atoms with Crippen LogP contribution in [0.2, 0.25) is 0 Å². The van der Waals surface area contributed by atoms with E-state index in [1.54, 1.807) is 4.90 Å². The number of benzene rings is 1. The monoisotopic (exact) mass is 354 g/mol. The van der Waals surface area contributed by atoms with Gasteiger partial charge in [-0.1, -0.05) is 0 Å². The minimum absolute atomic E-state index is 0.00837. The van der Waals surface area contributed by atoms with E-state index < -0.39 is 11.6 Å². The summed E-state index contributed by atoms with van der Waals surface area (Å²) in [4.78, 5) is 16.7. The summed E-state index contributed by atoms with van der Waals surface area (Å²) in [5.74, 6) is -2.05. The molecule has 2 fully saturated rings. The maximum atomic E-state index is 13.4. The van der Waals surface area contributed by atoms with E-state index in [0.29, 0.717) is 26.3 Å². The number of hydrogen-bond acceptors (Lipinski definition) is 4. The second-order valence-electron chi connectivity index (χ2n) is 6.90. The number of piperidine rings is 1. The molecule has 1 N–H and O–H groups in total. The smallest absolute Gasteiger partial charge is 0.253 e. The largest absolute Gasteiger partial charge is 0.396 e. The van der Waals surface area contributed by atoms with Gasteiger partial charge < -0.3 is 14.7 Å². The van der Waals surface area contributed by atoms with Gasteiger partial charge in [-0.3, -0.25) is 9.69 Å². The van der Waals surface area contributed by atoms with Crippen LogP contribution in [0.1, 0.15) is 16.8 Å². The summed E-state index contributed by atoms with van der Waals surface area (Å²) < 4.78 is 31.9. The van der Waals surface area contributed by atoms with Crippen LogP contribution in [0.25, 0.3) is 0 Å². The summed E-state index contributed by atoms with van der Waals surface area (Å²) in [6, 6.07) is 3.22. The van der Waals surface area contributed by atoms with Crippen LogP contribution in [0.15, 0.2) is 18.2 Å². The molecule has 0 aromatic heterocycles. The second kappa shape index (κ2) is 8.21. The zero-order valence-electron chi connectivity index (χ0n) is 14.2. The van der Waals surface area contributed by atoms with Gasteiger partial charge >= 0.3 is 0 Å².